The van der Waals surface area contributed by atoms with Crippen LogP contribution < -0.4 is 0 Å². The minimum absolute atomic E-state index is 0.0734. The number of ketones is 1. The summed E-state index contributed by atoms with van der Waals surface area (Å²) >= 11 is 0. The van der Waals surface area contributed by atoms with Crippen molar-refractivity contribution < 1.29 is 18.8 Å². The van der Waals surface area contributed by atoms with Crippen LogP contribution >= 0.6 is 0 Å². The van der Waals surface area contributed by atoms with E-state index in [-0.39, 0.29) is 29.1 Å². The van der Waals surface area contributed by atoms with Crippen molar-refractivity contribution in [3.63, 3.8) is 0 Å². The highest BCUT2D eigenvalue weighted by Crippen LogP contribution is 2.39. The fraction of sp³-hybridized carbons (Fsp3) is 0.895. The van der Waals surface area contributed by atoms with E-state index in [9.17, 15) is 9.59 Å². The standard InChI is InChI=1S/C19H37NO4Si/c1-14(21)13-15-16(24-25(8,9)19(5,6)7)11-10-12-20(15)17(22)23-18(2,3)4/h15-16H,10-13H2,1-9H3/t15-,16+/m0/s1. The Labute approximate surface area is 154 Å². The zero-order chi connectivity index (χ0) is 19.6. The fourth-order valence-corrected chi connectivity index (χ4v) is 4.18. The van der Waals surface area contributed by atoms with E-state index in [1.807, 2.05) is 20.8 Å². The van der Waals surface area contributed by atoms with Gasteiger partial charge in [0, 0.05) is 13.0 Å². The molecule has 1 aliphatic rings. The SMILES string of the molecule is CC(=O)C[C@H]1[C@H](O[Si](C)(C)C(C)(C)C)CCCN1C(=O)OC(C)(C)C. The van der Waals surface area contributed by atoms with Gasteiger partial charge in [-0.2, -0.15) is 0 Å². The number of hydrogen-bond donors (Lipinski definition) is 0. The largest absolute Gasteiger partial charge is 0.444 e. The number of piperidine rings is 1. The summed E-state index contributed by atoms with van der Waals surface area (Å²) in [6.07, 6.45) is 1.61. The highest BCUT2D eigenvalue weighted by atomic mass is 28.4. The molecule has 0 radical (unpaired) electrons. The van der Waals surface area contributed by atoms with Gasteiger partial charge in [-0.1, -0.05) is 20.8 Å². The molecule has 5 nitrogen and oxygen atoms in total. The molecule has 25 heavy (non-hydrogen) atoms. The molecule has 2 atom stereocenters. The molecule has 1 heterocycles. The molecule has 1 saturated heterocycles. The Balaban J connectivity index is 3.04. The smallest absolute Gasteiger partial charge is 0.410 e. The summed E-state index contributed by atoms with van der Waals surface area (Å²) in [4.78, 5) is 26.2. The Kier molecular flexibility index (Phi) is 6.90. The van der Waals surface area contributed by atoms with Crippen LogP contribution in [-0.2, 0) is 14.0 Å². The van der Waals surface area contributed by atoms with Gasteiger partial charge >= 0.3 is 6.09 Å². The van der Waals surface area contributed by atoms with E-state index < -0.39 is 13.9 Å². The highest BCUT2D eigenvalue weighted by Gasteiger charge is 2.44. The van der Waals surface area contributed by atoms with Gasteiger partial charge < -0.3 is 14.1 Å². The molecule has 0 aliphatic carbocycles. The number of carbonyl (C=O) groups excluding carboxylic acids is 2. The molecule has 146 valence electrons. The van der Waals surface area contributed by atoms with Gasteiger partial charge in [-0.15, -0.1) is 0 Å². The summed E-state index contributed by atoms with van der Waals surface area (Å²) in [7, 11) is -1.99. The second-order valence-electron chi connectivity index (χ2n) is 9.71. The molecular weight excluding hydrogens is 334 g/mol. The molecule has 0 aromatic heterocycles. The van der Waals surface area contributed by atoms with Crippen molar-refractivity contribution in [2.24, 2.45) is 0 Å². The van der Waals surface area contributed by atoms with E-state index >= 15 is 0 Å². The lowest BCUT2D eigenvalue weighted by molar-refractivity contribution is -0.119. The van der Waals surface area contributed by atoms with E-state index in [0.29, 0.717) is 13.0 Å². The van der Waals surface area contributed by atoms with Gasteiger partial charge in [0.15, 0.2) is 8.32 Å². The third-order valence-electron chi connectivity index (χ3n) is 5.09. The molecule has 0 unspecified atom stereocenters. The molecule has 0 spiro atoms. The Morgan fingerprint density at radius 2 is 1.68 bits per heavy atom. The molecular formula is C19H37NO4Si. The minimum atomic E-state index is -1.99. The average Bonchev–Trinajstić information content (AvgIpc) is 2.36. The predicted octanol–water partition coefficient (Wildman–Crippen LogP) is 4.76. The number of amides is 1. The highest BCUT2D eigenvalue weighted by molar-refractivity contribution is 6.74. The number of nitrogens with zero attached hydrogens (tertiary/aromatic N) is 1. The lowest BCUT2D eigenvalue weighted by Gasteiger charge is -2.46. The minimum Gasteiger partial charge on any atom is -0.444 e. The van der Waals surface area contributed by atoms with Crippen molar-refractivity contribution >= 4 is 20.2 Å². The van der Waals surface area contributed by atoms with E-state index in [4.69, 9.17) is 9.16 Å². The maximum Gasteiger partial charge on any atom is 0.410 e. The number of carbonyl (C=O) groups is 2. The first kappa shape index (κ1) is 22.2. The molecule has 1 amide bonds. The van der Waals surface area contributed by atoms with Crippen LogP contribution in [0.2, 0.25) is 18.1 Å². The van der Waals surface area contributed by atoms with Crippen molar-refractivity contribution in [1.82, 2.24) is 4.90 Å². The van der Waals surface area contributed by atoms with E-state index in [0.717, 1.165) is 12.8 Å². The molecule has 1 rings (SSSR count). The van der Waals surface area contributed by atoms with Crippen LogP contribution in [0, 0.1) is 0 Å². The predicted molar refractivity (Wildman–Crippen MR) is 103 cm³/mol. The maximum absolute atomic E-state index is 12.7. The zero-order valence-corrected chi connectivity index (χ0v) is 18.6. The van der Waals surface area contributed by atoms with E-state index in [1.54, 1.807) is 11.8 Å². The summed E-state index contributed by atoms with van der Waals surface area (Å²) in [5.41, 5.74) is -0.551. The van der Waals surface area contributed by atoms with Crippen LogP contribution in [-0.4, -0.2) is 49.4 Å². The monoisotopic (exact) mass is 371 g/mol. The van der Waals surface area contributed by atoms with Crippen LogP contribution in [0.15, 0.2) is 0 Å². The second kappa shape index (κ2) is 7.78. The summed E-state index contributed by atoms with van der Waals surface area (Å²) in [5, 5.41) is 0.0853. The van der Waals surface area contributed by atoms with Crippen LogP contribution in [0.1, 0.15) is 67.7 Å². The Morgan fingerprint density at radius 1 is 1.12 bits per heavy atom. The first-order valence-electron chi connectivity index (χ1n) is 9.31. The molecule has 1 fully saturated rings. The third kappa shape index (κ3) is 6.41. The van der Waals surface area contributed by atoms with Crippen molar-refractivity contribution in [3.8, 4) is 0 Å². The second-order valence-corrected chi connectivity index (χ2v) is 14.5. The van der Waals surface area contributed by atoms with Gasteiger partial charge in [-0.05, 0) is 58.7 Å². The number of rotatable bonds is 4. The number of likely N-dealkylation sites (tertiary alicyclic amines) is 1. The molecule has 0 saturated carbocycles. The van der Waals surface area contributed by atoms with Crippen molar-refractivity contribution in [2.45, 2.75) is 104 Å². The Hall–Kier alpha value is -0.883. The summed E-state index contributed by atoms with van der Waals surface area (Å²) in [5.74, 6) is 0.0734. The number of ether oxygens (including phenoxy) is 1. The molecule has 0 bridgehead atoms. The van der Waals surface area contributed by atoms with Gasteiger partial charge in [0.1, 0.15) is 11.4 Å². The zero-order valence-electron chi connectivity index (χ0n) is 17.6. The topological polar surface area (TPSA) is 55.8 Å². The lowest BCUT2D eigenvalue weighted by atomic mass is 9.95. The third-order valence-corrected chi connectivity index (χ3v) is 9.60. The fourth-order valence-electron chi connectivity index (χ4n) is 2.80. The molecule has 6 heteroatoms. The van der Waals surface area contributed by atoms with Crippen LogP contribution in [0.4, 0.5) is 4.79 Å². The van der Waals surface area contributed by atoms with Crippen LogP contribution in [0.3, 0.4) is 0 Å². The van der Waals surface area contributed by atoms with Gasteiger partial charge in [0.2, 0.25) is 0 Å². The summed E-state index contributed by atoms with van der Waals surface area (Å²) in [6.45, 7) is 18.8. The van der Waals surface area contributed by atoms with Gasteiger partial charge in [0.25, 0.3) is 0 Å². The Bertz CT molecular complexity index is 491. The van der Waals surface area contributed by atoms with Crippen molar-refractivity contribution in [3.05, 3.63) is 0 Å². The van der Waals surface area contributed by atoms with Crippen molar-refractivity contribution in [1.29, 1.82) is 0 Å². The lowest BCUT2D eigenvalue weighted by Crippen LogP contribution is -2.57. The molecule has 0 N–H and O–H groups in total. The summed E-state index contributed by atoms with van der Waals surface area (Å²) < 4.78 is 12.2. The normalized spacial score (nSPS) is 22.7. The van der Waals surface area contributed by atoms with E-state index in [2.05, 4.69) is 33.9 Å². The first-order chi connectivity index (χ1) is 11.1. The van der Waals surface area contributed by atoms with Gasteiger partial charge in [-0.25, -0.2) is 4.79 Å². The van der Waals surface area contributed by atoms with Gasteiger partial charge in [-0.3, -0.25) is 4.79 Å². The van der Waals surface area contributed by atoms with E-state index in [1.165, 1.54) is 0 Å². The van der Waals surface area contributed by atoms with Crippen LogP contribution in [0.5, 0.6) is 0 Å². The average molecular weight is 372 g/mol. The van der Waals surface area contributed by atoms with Crippen LogP contribution in [0.25, 0.3) is 0 Å². The maximum atomic E-state index is 12.7. The molecule has 1 aliphatic heterocycles. The quantitative estimate of drug-likeness (QED) is 0.669. The Morgan fingerprint density at radius 3 is 2.12 bits per heavy atom. The molecule has 0 aromatic carbocycles. The van der Waals surface area contributed by atoms with Crippen molar-refractivity contribution in [2.75, 3.05) is 6.54 Å². The molecule has 0 aromatic rings. The number of Topliss-reactive ketones (excluding diaryl/α,β-unsaturated/α-hetero) is 1. The summed E-state index contributed by atoms with van der Waals surface area (Å²) in [6, 6.07) is -0.241. The van der Waals surface area contributed by atoms with Gasteiger partial charge in [0.05, 0.1) is 12.1 Å². The first-order valence-corrected chi connectivity index (χ1v) is 12.2. The number of hydrogen-bond acceptors (Lipinski definition) is 4.